The van der Waals surface area contributed by atoms with Crippen molar-refractivity contribution in [3.63, 3.8) is 0 Å². The van der Waals surface area contributed by atoms with Crippen LogP contribution in [0.3, 0.4) is 0 Å². The van der Waals surface area contributed by atoms with Crippen LogP contribution < -0.4 is 18.9 Å². The van der Waals surface area contributed by atoms with Crippen molar-refractivity contribution in [2.24, 2.45) is 4.99 Å². The van der Waals surface area contributed by atoms with E-state index < -0.39 is 17.9 Å². The highest BCUT2D eigenvalue weighted by Crippen LogP contribution is 2.31. The van der Waals surface area contributed by atoms with Gasteiger partial charge in [-0.1, -0.05) is 25.3 Å². The fourth-order valence-corrected chi connectivity index (χ4v) is 3.86. The molecule has 0 spiro atoms. The Balaban J connectivity index is 1.42. The van der Waals surface area contributed by atoms with Crippen molar-refractivity contribution in [3.05, 3.63) is 109 Å². The van der Waals surface area contributed by atoms with Gasteiger partial charge in [0.2, 0.25) is 0 Å². The number of ether oxygens (including phenoxy) is 6. The molecule has 0 aliphatic carbocycles. The van der Waals surface area contributed by atoms with E-state index in [-0.39, 0.29) is 0 Å². The molecule has 0 fully saturated rings. The molecule has 246 valence electrons. The van der Waals surface area contributed by atoms with E-state index in [1.807, 2.05) is 48.5 Å². The largest absolute Gasteiger partial charge is 0.494 e. The van der Waals surface area contributed by atoms with Gasteiger partial charge in [-0.3, -0.25) is 4.99 Å². The number of unbranched alkanes of at least 4 members (excludes halogenated alkanes) is 2. The first kappa shape index (κ1) is 35.8. The standard InChI is InChI=1S/C37H39NO9/c1-4-35(39)45-24-8-6-22-43-30-15-10-28(11-16-30)14-21-37(41)47-32-19-20-33(34(26-32)42-3)38-27-29-12-17-31(18-13-29)44-23-7-9-25-46-36(40)5-2/h4-5,10-21,26-27H,1-2,6-9,22-25H2,3H3. The molecular formula is C37H39NO9. The lowest BCUT2D eigenvalue weighted by Gasteiger charge is -2.08. The Morgan fingerprint density at radius 1 is 0.660 bits per heavy atom. The van der Waals surface area contributed by atoms with Crippen molar-refractivity contribution < 1.29 is 42.8 Å². The van der Waals surface area contributed by atoms with Gasteiger partial charge in [-0.05, 0) is 91.4 Å². The highest BCUT2D eigenvalue weighted by atomic mass is 16.5. The summed E-state index contributed by atoms with van der Waals surface area (Å²) >= 11 is 0. The topological polar surface area (TPSA) is 119 Å². The molecule has 0 aromatic heterocycles. The van der Waals surface area contributed by atoms with E-state index in [0.717, 1.165) is 41.9 Å². The molecule has 3 aromatic rings. The van der Waals surface area contributed by atoms with E-state index in [0.29, 0.717) is 62.2 Å². The predicted molar refractivity (Wildman–Crippen MR) is 180 cm³/mol. The minimum absolute atomic E-state index is 0.318. The van der Waals surface area contributed by atoms with Gasteiger partial charge >= 0.3 is 17.9 Å². The van der Waals surface area contributed by atoms with Crippen molar-refractivity contribution in [1.82, 2.24) is 0 Å². The third-order valence-corrected chi connectivity index (χ3v) is 6.33. The third kappa shape index (κ3) is 13.9. The summed E-state index contributed by atoms with van der Waals surface area (Å²) < 4.78 is 32.2. The summed E-state index contributed by atoms with van der Waals surface area (Å²) in [4.78, 5) is 39.0. The van der Waals surface area contributed by atoms with Crippen LogP contribution in [-0.4, -0.2) is 57.7 Å². The summed E-state index contributed by atoms with van der Waals surface area (Å²) in [5.41, 5.74) is 2.23. The van der Waals surface area contributed by atoms with Crippen LogP contribution in [0.25, 0.3) is 6.08 Å². The molecule has 10 nitrogen and oxygen atoms in total. The van der Waals surface area contributed by atoms with E-state index in [4.69, 9.17) is 28.4 Å². The predicted octanol–water partition coefficient (Wildman–Crippen LogP) is 6.84. The molecule has 0 aliphatic heterocycles. The summed E-state index contributed by atoms with van der Waals surface area (Å²) in [6.07, 6.45) is 9.85. The second kappa shape index (κ2) is 20.4. The maximum absolute atomic E-state index is 12.4. The fraction of sp³-hybridized carbons (Fsp3) is 0.243. The van der Waals surface area contributed by atoms with Gasteiger partial charge in [0.1, 0.15) is 28.7 Å². The molecule has 3 aromatic carbocycles. The van der Waals surface area contributed by atoms with Crippen LogP contribution in [0.1, 0.15) is 36.8 Å². The molecule has 47 heavy (non-hydrogen) atoms. The molecule has 0 unspecified atom stereocenters. The number of nitrogens with zero attached hydrogens (tertiary/aromatic N) is 1. The summed E-state index contributed by atoms with van der Waals surface area (Å²) in [6.45, 7) is 8.37. The summed E-state index contributed by atoms with van der Waals surface area (Å²) in [5.74, 6) is 0.790. The van der Waals surface area contributed by atoms with Gasteiger partial charge in [-0.25, -0.2) is 14.4 Å². The smallest absolute Gasteiger partial charge is 0.336 e. The van der Waals surface area contributed by atoms with Crippen LogP contribution in [0.15, 0.2) is 103 Å². The Labute approximate surface area is 274 Å². The minimum Gasteiger partial charge on any atom is -0.494 e. The lowest BCUT2D eigenvalue weighted by molar-refractivity contribution is -0.138. The second-order valence-electron chi connectivity index (χ2n) is 9.84. The van der Waals surface area contributed by atoms with E-state index in [1.54, 1.807) is 30.5 Å². The van der Waals surface area contributed by atoms with E-state index >= 15 is 0 Å². The molecular weight excluding hydrogens is 602 g/mol. The molecule has 0 aliphatic rings. The van der Waals surface area contributed by atoms with Gasteiger partial charge in [0.05, 0.1) is 33.5 Å². The number of benzene rings is 3. The number of carbonyl (C=O) groups is 3. The van der Waals surface area contributed by atoms with Crippen molar-refractivity contribution in [1.29, 1.82) is 0 Å². The van der Waals surface area contributed by atoms with E-state index in [1.165, 1.54) is 13.2 Å². The third-order valence-electron chi connectivity index (χ3n) is 6.33. The van der Waals surface area contributed by atoms with Gasteiger partial charge < -0.3 is 28.4 Å². The second-order valence-corrected chi connectivity index (χ2v) is 9.84. The first-order valence-electron chi connectivity index (χ1n) is 15.1. The average molecular weight is 642 g/mol. The molecule has 0 atom stereocenters. The molecule has 0 amide bonds. The van der Waals surface area contributed by atoms with Crippen LogP contribution in [0, 0.1) is 0 Å². The molecule has 0 saturated carbocycles. The Morgan fingerprint density at radius 3 is 1.70 bits per heavy atom. The first-order valence-corrected chi connectivity index (χ1v) is 15.1. The zero-order valence-corrected chi connectivity index (χ0v) is 26.4. The summed E-state index contributed by atoms with van der Waals surface area (Å²) in [6, 6.07) is 19.7. The molecule has 3 rings (SSSR count). The summed E-state index contributed by atoms with van der Waals surface area (Å²) in [5, 5.41) is 0. The Kier molecular flexibility index (Phi) is 15.6. The molecule has 0 heterocycles. The zero-order valence-electron chi connectivity index (χ0n) is 26.4. The van der Waals surface area contributed by atoms with Crippen molar-refractivity contribution >= 4 is 35.9 Å². The molecule has 0 radical (unpaired) electrons. The van der Waals surface area contributed by atoms with Gasteiger partial charge in [-0.15, -0.1) is 0 Å². The van der Waals surface area contributed by atoms with Gasteiger partial charge in [0.25, 0.3) is 0 Å². The number of rotatable bonds is 20. The fourth-order valence-electron chi connectivity index (χ4n) is 3.86. The quantitative estimate of drug-likeness (QED) is 0.0429. The van der Waals surface area contributed by atoms with Gasteiger partial charge in [0, 0.05) is 30.5 Å². The monoisotopic (exact) mass is 641 g/mol. The van der Waals surface area contributed by atoms with E-state index in [9.17, 15) is 14.4 Å². The SMILES string of the molecule is C=CC(=O)OCCCCOc1ccc(C=CC(=O)Oc2ccc(N=Cc3ccc(OCCCCOC(=O)C=C)cc3)c(OC)c2)cc1. The Bertz CT molecular complexity index is 1530. The number of esters is 3. The molecule has 0 N–H and O–H groups in total. The molecule has 0 saturated heterocycles. The van der Waals surface area contributed by atoms with Crippen LogP contribution in [0.2, 0.25) is 0 Å². The maximum atomic E-state index is 12.4. The Hall–Kier alpha value is -5.64. The normalized spacial score (nSPS) is 10.7. The minimum atomic E-state index is -0.542. The first-order chi connectivity index (χ1) is 22.9. The van der Waals surface area contributed by atoms with Gasteiger partial charge in [-0.2, -0.15) is 0 Å². The van der Waals surface area contributed by atoms with Crippen LogP contribution in [-0.2, 0) is 23.9 Å². The number of carbonyl (C=O) groups excluding carboxylic acids is 3. The van der Waals surface area contributed by atoms with Crippen LogP contribution >= 0.6 is 0 Å². The summed E-state index contributed by atoms with van der Waals surface area (Å²) in [7, 11) is 1.52. The maximum Gasteiger partial charge on any atom is 0.336 e. The van der Waals surface area contributed by atoms with Crippen LogP contribution in [0.5, 0.6) is 23.0 Å². The number of methoxy groups -OCH3 is 1. The van der Waals surface area contributed by atoms with Crippen LogP contribution in [0.4, 0.5) is 5.69 Å². The average Bonchev–Trinajstić information content (AvgIpc) is 3.10. The van der Waals surface area contributed by atoms with E-state index in [2.05, 4.69) is 18.2 Å². The molecule has 0 bridgehead atoms. The van der Waals surface area contributed by atoms with Crippen molar-refractivity contribution in [2.45, 2.75) is 25.7 Å². The van der Waals surface area contributed by atoms with Gasteiger partial charge in [0.15, 0.2) is 0 Å². The highest BCUT2D eigenvalue weighted by molar-refractivity contribution is 5.89. The molecule has 10 heteroatoms. The van der Waals surface area contributed by atoms with Crippen molar-refractivity contribution in [2.75, 3.05) is 33.5 Å². The lowest BCUT2D eigenvalue weighted by atomic mass is 10.2. The number of hydrogen-bond acceptors (Lipinski definition) is 10. The highest BCUT2D eigenvalue weighted by Gasteiger charge is 2.07. The zero-order chi connectivity index (χ0) is 33.7. The Morgan fingerprint density at radius 2 is 1.17 bits per heavy atom. The number of hydrogen-bond donors (Lipinski definition) is 0. The van der Waals surface area contributed by atoms with Crippen molar-refractivity contribution in [3.8, 4) is 23.0 Å². The lowest BCUT2D eigenvalue weighted by Crippen LogP contribution is -2.04. The number of aliphatic imine (C=N–C) groups is 1.